The maximum absolute atomic E-state index is 13.2. The van der Waals surface area contributed by atoms with E-state index >= 15 is 0 Å². The average molecular weight is 459 g/mol. The Morgan fingerprint density at radius 1 is 1.09 bits per heavy atom. The van der Waals surface area contributed by atoms with Crippen LogP contribution in [0.3, 0.4) is 0 Å². The van der Waals surface area contributed by atoms with Gasteiger partial charge in [0.1, 0.15) is 17.3 Å². The number of amides is 1. The van der Waals surface area contributed by atoms with Crippen LogP contribution in [0, 0.1) is 5.82 Å². The van der Waals surface area contributed by atoms with E-state index in [-0.39, 0.29) is 23.8 Å². The minimum Gasteiger partial charge on any atom is -0.497 e. The van der Waals surface area contributed by atoms with Crippen molar-refractivity contribution >= 4 is 11.9 Å². The third kappa shape index (κ3) is 6.68. The summed E-state index contributed by atoms with van der Waals surface area (Å²) in [6, 6.07) is 12.0. The van der Waals surface area contributed by atoms with Crippen LogP contribution in [0.4, 0.5) is 4.39 Å². The molecule has 0 aromatic heterocycles. The quantitative estimate of drug-likeness (QED) is 0.621. The average Bonchev–Trinajstić information content (AvgIpc) is 2.79. The molecule has 0 radical (unpaired) electrons. The monoisotopic (exact) mass is 458 g/mol. The SMILES string of the molecule is COc1ccc(CCC(=O)N2CC(C)N(Cc3ccc(F)cc3)CC2C)c(OCC(=O)O)c1. The summed E-state index contributed by atoms with van der Waals surface area (Å²) >= 11 is 0. The van der Waals surface area contributed by atoms with Gasteiger partial charge in [-0.05, 0) is 49.6 Å². The molecule has 2 unspecified atom stereocenters. The topological polar surface area (TPSA) is 79.3 Å². The molecular weight excluding hydrogens is 427 g/mol. The number of piperazine rings is 1. The number of aryl methyl sites for hydroxylation is 1. The Kier molecular flexibility index (Phi) is 8.27. The number of carbonyl (C=O) groups is 2. The Labute approximate surface area is 193 Å². The molecule has 1 heterocycles. The van der Waals surface area contributed by atoms with Crippen molar-refractivity contribution in [2.45, 2.75) is 45.3 Å². The molecule has 1 amide bonds. The molecular formula is C25H31FN2O5. The van der Waals surface area contributed by atoms with Crippen molar-refractivity contribution in [2.24, 2.45) is 0 Å². The van der Waals surface area contributed by atoms with Gasteiger partial charge in [0, 0.05) is 44.2 Å². The predicted molar refractivity (Wildman–Crippen MR) is 122 cm³/mol. The summed E-state index contributed by atoms with van der Waals surface area (Å²) in [4.78, 5) is 28.2. The van der Waals surface area contributed by atoms with Gasteiger partial charge in [-0.15, -0.1) is 0 Å². The van der Waals surface area contributed by atoms with Crippen LogP contribution < -0.4 is 9.47 Å². The Morgan fingerprint density at radius 2 is 1.82 bits per heavy atom. The van der Waals surface area contributed by atoms with Crippen molar-refractivity contribution in [2.75, 3.05) is 26.8 Å². The number of hydrogen-bond acceptors (Lipinski definition) is 5. The molecule has 1 aliphatic heterocycles. The number of carboxylic acids is 1. The summed E-state index contributed by atoms with van der Waals surface area (Å²) < 4.78 is 23.8. The van der Waals surface area contributed by atoms with Gasteiger partial charge in [-0.25, -0.2) is 9.18 Å². The van der Waals surface area contributed by atoms with Crippen molar-refractivity contribution in [3.05, 3.63) is 59.4 Å². The number of methoxy groups -OCH3 is 1. The summed E-state index contributed by atoms with van der Waals surface area (Å²) in [6.07, 6.45) is 0.736. The lowest BCUT2D eigenvalue weighted by molar-refractivity contribution is -0.139. The van der Waals surface area contributed by atoms with Gasteiger partial charge in [-0.3, -0.25) is 9.69 Å². The van der Waals surface area contributed by atoms with Crippen LogP contribution in [-0.4, -0.2) is 65.7 Å². The Hall–Kier alpha value is -3.13. The number of carbonyl (C=O) groups excluding carboxylic acids is 1. The molecule has 178 valence electrons. The molecule has 1 saturated heterocycles. The molecule has 0 saturated carbocycles. The smallest absolute Gasteiger partial charge is 0.341 e. The van der Waals surface area contributed by atoms with Crippen LogP contribution in [-0.2, 0) is 22.6 Å². The third-order valence-corrected chi connectivity index (χ3v) is 5.97. The molecule has 2 atom stereocenters. The zero-order valence-corrected chi connectivity index (χ0v) is 19.3. The van der Waals surface area contributed by atoms with E-state index in [1.807, 2.05) is 11.8 Å². The van der Waals surface area contributed by atoms with Gasteiger partial charge in [0.2, 0.25) is 5.91 Å². The molecule has 2 aromatic carbocycles. The highest BCUT2D eigenvalue weighted by atomic mass is 19.1. The van der Waals surface area contributed by atoms with Crippen molar-refractivity contribution in [1.82, 2.24) is 9.80 Å². The van der Waals surface area contributed by atoms with Crippen LogP contribution in [0.2, 0.25) is 0 Å². The highest BCUT2D eigenvalue weighted by Crippen LogP contribution is 2.27. The van der Waals surface area contributed by atoms with E-state index in [1.165, 1.54) is 19.2 Å². The predicted octanol–water partition coefficient (Wildman–Crippen LogP) is 3.35. The van der Waals surface area contributed by atoms with Crippen LogP contribution in [0.25, 0.3) is 0 Å². The number of benzene rings is 2. The fourth-order valence-electron chi connectivity index (χ4n) is 4.12. The van der Waals surface area contributed by atoms with E-state index in [9.17, 15) is 14.0 Å². The highest BCUT2D eigenvalue weighted by Gasteiger charge is 2.31. The van der Waals surface area contributed by atoms with Crippen molar-refractivity contribution in [3.8, 4) is 11.5 Å². The lowest BCUT2D eigenvalue weighted by atomic mass is 10.0. The van der Waals surface area contributed by atoms with E-state index in [4.69, 9.17) is 14.6 Å². The highest BCUT2D eigenvalue weighted by molar-refractivity contribution is 5.77. The summed E-state index contributed by atoms with van der Waals surface area (Å²) in [5.41, 5.74) is 1.81. The first-order chi connectivity index (χ1) is 15.8. The second kappa shape index (κ2) is 11.1. The minimum atomic E-state index is -1.07. The molecule has 8 heteroatoms. The molecule has 1 fully saturated rings. The summed E-state index contributed by atoms with van der Waals surface area (Å²) in [5.74, 6) is -0.291. The number of ether oxygens (including phenoxy) is 2. The van der Waals surface area contributed by atoms with Gasteiger partial charge in [0.15, 0.2) is 6.61 Å². The second-order valence-corrected chi connectivity index (χ2v) is 8.46. The molecule has 1 N–H and O–H groups in total. The minimum absolute atomic E-state index is 0.0488. The van der Waals surface area contributed by atoms with E-state index in [0.717, 1.165) is 17.7 Å². The first kappa shape index (κ1) is 24.5. The second-order valence-electron chi connectivity index (χ2n) is 8.46. The van der Waals surface area contributed by atoms with Crippen LogP contribution >= 0.6 is 0 Å². The molecule has 33 heavy (non-hydrogen) atoms. The number of aliphatic carboxylic acids is 1. The lowest BCUT2D eigenvalue weighted by Crippen LogP contribution is -2.57. The maximum atomic E-state index is 13.2. The molecule has 0 aliphatic carbocycles. The largest absolute Gasteiger partial charge is 0.497 e. The van der Waals surface area contributed by atoms with Gasteiger partial charge in [0.05, 0.1) is 7.11 Å². The van der Waals surface area contributed by atoms with Crippen molar-refractivity contribution in [1.29, 1.82) is 0 Å². The number of carboxylic acid groups (broad SMARTS) is 1. The van der Waals surface area contributed by atoms with Crippen LogP contribution in [0.1, 0.15) is 31.4 Å². The van der Waals surface area contributed by atoms with E-state index < -0.39 is 12.6 Å². The van der Waals surface area contributed by atoms with Gasteiger partial charge in [-0.2, -0.15) is 0 Å². The van der Waals surface area contributed by atoms with Gasteiger partial charge >= 0.3 is 5.97 Å². The Morgan fingerprint density at radius 3 is 2.48 bits per heavy atom. The fourth-order valence-corrected chi connectivity index (χ4v) is 4.12. The Bertz CT molecular complexity index is 966. The van der Waals surface area contributed by atoms with Gasteiger partial charge < -0.3 is 19.5 Å². The van der Waals surface area contributed by atoms with Crippen LogP contribution in [0.15, 0.2) is 42.5 Å². The lowest BCUT2D eigenvalue weighted by Gasteiger charge is -2.44. The number of rotatable bonds is 9. The Balaban J connectivity index is 1.59. The standard InChI is InChI=1S/C25H31FN2O5/c1-17-14-28(18(2)13-27(17)15-19-4-8-21(26)9-5-19)24(29)11-7-20-6-10-22(32-3)12-23(20)33-16-25(30)31/h4-6,8-10,12,17-18H,7,11,13-16H2,1-3H3,(H,30,31). The summed E-state index contributed by atoms with van der Waals surface area (Å²) in [7, 11) is 1.53. The molecule has 3 rings (SSSR count). The fraction of sp³-hybridized carbons (Fsp3) is 0.440. The van der Waals surface area contributed by atoms with E-state index in [2.05, 4.69) is 11.8 Å². The van der Waals surface area contributed by atoms with Gasteiger partial charge in [0.25, 0.3) is 0 Å². The third-order valence-electron chi connectivity index (χ3n) is 5.97. The molecule has 1 aliphatic rings. The first-order valence-electron chi connectivity index (χ1n) is 11.1. The molecule has 2 aromatic rings. The number of hydrogen-bond donors (Lipinski definition) is 1. The molecule has 7 nitrogen and oxygen atoms in total. The van der Waals surface area contributed by atoms with Crippen molar-refractivity contribution < 1.29 is 28.6 Å². The summed E-state index contributed by atoms with van der Waals surface area (Å²) in [6.45, 7) is 5.74. The van der Waals surface area contributed by atoms with E-state index in [0.29, 0.717) is 37.4 Å². The van der Waals surface area contributed by atoms with Crippen LogP contribution in [0.5, 0.6) is 11.5 Å². The maximum Gasteiger partial charge on any atom is 0.341 e. The number of halogens is 1. The molecule has 0 spiro atoms. The zero-order valence-electron chi connectivity index (χ0n) is 19.3. The number of nitrogens with zero attached hydrogens (tertiary/aromatic N) is 2. The zero-order chi connectivity index (χ0) is 24.0. The molecule has 0 bridgehead atoms. The first-order valence-corrected chi connectivity index (χ1v) is 11.1. The van der Waals surface area contributed by atoms with E-state index in [1.54, 1.807) is 30.3 Å². The van der Waals surface area contributed by atoms with Crippen molar-refractivity contribution in [3.63, 3.8) is 0 Å². The van der Waals surface area contributed by atoms with Gasteiger partial charge in [-0.1, -0.05) is 18.2 Å². The summed E-state index contributed by atoms with van der Waals surface area (Å²) in [5, 5.41) is 8.92. The normalized spacial score (nSPS) is 18.7.